The minimum absolute atomic E-state index is 0.138. The van der Waals surface area contributed by atoms with Crippen LogP contribution < -0.4 is 19.5 Å². The summed E-state index contributed by atoms with van der Waals surface area (Å²) < 4.78 is 17.0. The van der Waals surface area contributed by atoms with Crippen LogP contribution in [-0.2, 0) is 6.42 Å². The molecule has 2 aromatic carbocycles. The Morgan fingerprint density at radius 3 is 2.67 bits per heavy atom. The lowest BCUT2D eigenvalue weighted by molar-refractivity contribution is 0.305. The third kappa shape index (κ3) is 3.20. The lowest BCUT2D eigenvalue weighted by atomic mass is 9.89. The van der Waals surface area contributed by atoms with E-state index in [1.165, 1.54) is 16.7 Å². The summed E-state index contributed by atoms with van der Waals surface area (Å²) in [4.78, 5) is 0. The third-order valence-corrected chi connectivity index (χ3v) is 4.31. The van der Waals surface area contributed by atoms with Gasteiger partial charge in [-0.2, -0.15) is 0 Å². The van der Waals surface area contributed by atoms with Crippen molar-refractivity contribution in [2.45, 2.75) is 26.3 Å². The highest BCUT2D eigenvalue weighted by atomic mass is 16.5. The quantitative estimate of drug-likeness (QED) is 0.877. The lowest BCUT2D eigenvalue weighted by Gasteiger charge is -2.29. The van der Waals surface area contributed by atoms with Gasteiger partial charge in [0.15, 0.2) is 11.5 Å². The average molecular weight is 327 g/mol. The van der Waals surface area contributed by atoms with Crippen LogP contribution in [0.15, 0.2) is 36.4 Å². The van der Waals surface area contributed by atoms with Crippen molar-refractivity contribution in [1.29, 1.82) is 0 Å². The van der Waals surface area contributed by atoms with Gasteiger partial charge in [0.25, 0.3) is 0 Å². The Labute approximate surface area is 143 Å². The minimum Gasteiger partial charge on any atom is -0.494 e. The molecule has 1 aliphatic heterocycles. The molecule has 0 aromatic heterocycles. The summed E-state index contributed by atoms with van der Waals surface area (Å²) >= 11 is 0. The van der Waals surface area contributed by atoms with E-state index in [0.29, 0.717) is 13.2 Å². The van der Waals surface area contributed by atoms with Crippen LogP contribution in [0.1, 0.15) is 36.6 Å². The number of rotatable bonds is 6. The van der Waals surface area contributed by atoms with Gasteiger partial charge in [0, 0.05) is 12.1 Å². The SMILES string of the molecule is CCOc1cccc(C2NCCc3c2ccc(OC)c3OCC)c1. The standard InChI is InChI=1S/C20H25NO3/c1-4-23-15-8-6-7-14(13-15)19-16-9-10-18(22-3)20(24-5-2)17(16)11-12-21-19/h6-10,13,19,21H,4-5,11-12H2,1-3H3. The molecular weight excluding hydrogens is 302 g/mol. The molecule has 128 valence electrons. The number of fused-ring (bicyclic) bond motifs is 1. The fourth-order valence-corrected chi connectivity index (χ4v) is 3.31. The molecule has 3 rings (SSSR count). The van der Waals surface area contributed by atoms with Gasteiger partial charge in [-0.05, 0) is 49.6 Å². The Hall–Kier alpha value is -2.20. The zero-order chi connectivity index (χ0) is 16.9. The Balaban J connectivity index is 2.03. The Morgan fingerprint density at radius 2 is 1.92 bits per heavy atom. The molecule has 1 aliphatic rings. The van der Waals surface area contributed by atoms with E-state index < -0.39 is 0 Å². The number of methoxy groups -OCH3 is 1. The molecule has 24 heavy (non-hydrogen) atoms. The van der Waals surface area contributed by atoms with Crippen molar-refractivity contribution < 1.29 is 14.2 Å². The molecule has 0 spiro atoms. The van der Waals surface area contributed by atoms with Gasteiger partial charge in [0.2, 0.25) is 0 Å². The highest BCUT2D eigenvalue weighted by Gasteiger charge is 2.26. The number of nitrogens with one attached hydrogen (secondary N) is 1. The van der Waals surface area contributed by atoms with Crippen molar-refractivity contribution in [1.82, 2.24) is 5.32 Å². The fraction of sp³-hybridized carbons (Fsp3) is 0.400. The van der Waals surface area contributed by atoms with Gasteiger partial charge >= 0.3 is 0 Å². The Morgan fingerprint density at radius 1 is 1.08 bits per heavy atom. The van der Waals surface area contributed by atoms with E-state index >= 15 is 0 Å². The molecule has 0 radical (unpaired) electrons. The van der Waals surface area contributed by atoms with Crippen LogP contribution in [0, 0.1) is 0 Å². The molecule has 0 fully saturated rings. The molecule has 4 heteroatoms. The first kappa shape index (κ1) is 16.7. The monoisotopic (exact) mass is 327 g/mol. The van der Waals surface area contributed by atoms with Crippen molar-refractivity contribution in [2.24, 2.45) is 0 Å². The average Bonchev–Trinajstić information content (AvgIpc) is 2.62. The molecule has 0 amide bonds. The zero-order valence-corrected chi connectivity index (χ0v) is 14.6. The summed E-state index contributed by atoms with van der Waals surface area (Å²) in [7, 11) is 1.69. The fourth-order valence-electron chi connectivity index (χ4n) is 3.31. The van der Waals surface area contributed by atoms with Crippen molar-refractivity contribution in [2.75, 3.05) is 26.9 Å². The van der Waals surface area contributed by atoms with Crippen LogP contribution in [0.5, 0.6) is 17.2 Å². The first-order valence-electron chi connectivity index (χ1n) is 8.57. The van der Waals surface area contributed by atoms with E-state index in [0.717, 1.165) is 30.2 Å². The molecule has 0 aliphatic carbocycles. The van der Waals surface area contributed by atoms with Gasteiger partial charge in [0.1, 0.15) is 5.75 Å². The van der Waals surface area contributed by atoms with Gasteiger partial charge in [-0.1, -0.05) is 18.2 Å². The molecule has 1 heterocycles. The van der Waals surface area contributed by atoms with E-state index in [4.69, 9.17) is 14.2 Å². The Kier molecular flexibility index (Phi) is 5.26. The highest BCUT2D eigenvalue weighted by Crippen LogP contribution is 2.40. The van der Waals surface area contributed by atoms with E-state index in [-0.39, 0.29) is 6.04 Å². The van der Waals surface area contributed by atoms with Crippen LogP contribution in [0.2, 0.25) is 0 Å². The predicted octanol–water partition coefficient (Wildman–Crippen LogP) is 3.73. The smallest absolute Gasteiger partial charge is 0.164 e. The number of hydrogen-bond donors (Lipinski definition) is 1. The number of benzene rings is 2. The van der Waals surface area contributed by atoms with Crippen LogP contribution in [0.25, 0.3) is 0 Å². The second kappa shape index (κ2) is 7.58. The van der Waals surface area contributed by atoms with Gasteiger partial charge in [-0.15, -0.1) is 0 Å². The maximum absolute atomic E-state index is 5.90. The number of ether oxygens (including phenoxy) is 3. The van der Waals surface area contributed by atoms with Gasteiger partial charge in [-0.25, -0.2) is 0 Å². The van der Waals surface area contributed by atoms with Crippen molar-refractivity contribution >= 4 is 0 Å². The first-order valence-corrected chi connectivity index (χ1v) is 8.57. The summed E-state index contributed by atoms with van der Waals surface area (Å²) in [6.07, 6.45) is 0.934. The second-order valence-electron chi connectivity index (χ2n) is 5.74. The van der Waals surface area contributed by atoms with Crippen LogP contribution in [0.3, 0.4) is 0 Å². The van der Waals surface area contributed by atoms with Crippen LogP contribution >= 0.6 is 0 Å². The van der Waals surface area contributed by atoms with E-state index in [9.17, 15) is 0 Å². The van der Waals surface area contributed by atoms with Crippen LogP contribution in [0.4, 0.5) is 0 Å². The second-order valence-corrected chi connectivity index (χ2v) is 5.74. The van der Waals surface area contributed by atoms with Gasteiger partial charge in [0.05, 0.1) is 26.4 Å². The van der Waals surface area contributed by atoms with Gasteiger partial charge < -0.3 is 19.5 Å². The van der Waals surface area contributed by atoms with E-state index in [1.807, 2.05) is 32.0 Å². The normalized spacial score (nSPS) is 16.4. The molecule has 1 atom stereocenters. The molecule has 4 nitrogen and oxygen atoms in total. The molecule has 0 saturated carbocycles. The van der Waals surface area contributed by atoms with E-state index in [1.54, 1.807) is 7.11 Å². The summed E-state index contributed by atoms with van der Waals surface area (Å²) in [5.41, 5.74) is 3.69. The molecule has 0 bridgehead atoms. The largest absolute Gasteiger partial charge is 0.494 e. The van der Waals surface area contributed by atoms with E-state index in [2.05, 4.69) is 23.5 Å². The predicted molar refractivity (Wildman–Crippen MR) is 95.3 cm³/mol. The Bertz CT molecular complexity index is 699. The molecule has 1 N–H and O–H groups in total. The molecular formula is C20H25NO3. The molecule has 0 saturated heterocycles. The summed E-state index contributed by atoms with van der Waals surface area (Å²) in [5.74, 6) is 2.59. The van der Waals surface area contributed by atoms with Crippen LogP contribution in [-0.4, -0.2) is 26.9 Å². The van der Waals surface area contributed by atoms with Crippen molar-refractivity contribution in [3.05, 3.63) is 53.1 Å². The zero-order valence-electron chi connectivity index (χ0n) is 14.6. The number of hydrogen-bond acceptors (Lipinski definition) is 4. The van der Waals surface area contributed by atoms with Crippen molar-refractivity contribution in [3.63, 3.8) is 0 Å². The van der Waals surface area contributed by atoms with Gasteiger partial charge in [-0.3, -0.25) is 0 Å². The topological polar surface area (TPSA) is 39.7 Å². The minimum atomic E-state index is 0.138. The maximum atomic E-state index is 5.90. The third-order valence-electron chi connectivity index (χ3n) is 4.31. The maximum Gasteiger partial charge on any atom is 0.164 e. The molecule has 1 unspecified atom stereocenters. The summed E-state index contributed by atoms with van der Waals surface area (Å²) in [5, 5.41) is 3.62. The molecule has 2 aromatic rings. The van der Waals surface area contributed by atoms with Crippen molar-refractivity contribution in [3.8, 4) is 17.2 Å². The lowest BCUT2D eigenvalue weighted by Crippen LogP contribution is -2.31. The summed E-state index contributed by atoms with van der Waals surface area (Å²) in [6.45, 7) is 6.21. The first-order chi connectivity index (χ1) is 11.8. The highest BCUT2D eigenvalue weighted by molar-refractivity contribution is 5.55. The summed E-state index contributed by atoms with van der Waals surface area (Å²) in [6, 6.07) is 12.6.